The first kappa shape index (κ1) is 20.9. The fourth-order valence-electron chi connectivity index (χ4n) is 3.73. The lowest BCUT2D eigenvalue weighted by molar-refractivity contribution is -0.131. The third-order valence-electron chi connectivity index (χ3n) is 5.51. The average Bonchev–Trinajstić information content (AvgIpc) is 3.35. The van der Waals surface area contributed by atoms with Gasteiger partial charge in [0.25, 0.3) is 11.8 Å². The molecule has 1 aliphatic heterocycles. The normalized spacial score (nSPS) is 17.8. The molecule has 0 N–H and O–H groups in total. The van der Waals surface area contributed by atoms with Crippen molar-refractivity contribution in [2.24, 2.45) is 0 Å². The summed E-state index contributed by atoms with van der Waals surface area (Å²) >= 11 is 0. The Morgan fingerprint density at radius 1 is 1.15 bits per heavy atom. The van der Waals surface area contributed by atoms with E-state index < -0.39 is 36.7 Å². The number of benzene rings is 2. The summed E-state index contributed by atoms with van der Waals surface area (Å²) in [7, 11) is 0. The van der Waals surface area contributed by atoms with E-state index in [4.69, 9.17) is 4.74 Å². The maximum absolute atomic E-state index is 14.6. The molecular formula is C23H17F3N4O3. The van der Waals surface area contributed by atoms with Crippen LogP contribution < -0.4 is 4.74 Å². The van der Waals surface area contributed by atoms with Crippen molar-refractivity contribution in [3.8, 4) is 17.3 Å². The second-order valence-corrected chi connectivity index (χ2v) is 7.66. The van der Waals surface area contributed by atoms with Gasteiger partial charge < -0.3 is 14.2 Å². The number of amides is 1. The molecule has 5 rings (SSSR count). The molecule has 1 atom stereocenters. The summed E-state index contributed by atoms with van der Waals surface area (Å²) in [6, 6.07) is 14.2. The summed E-state index contributed by atoms with van der Waals surface area (Å²) in [4.78, 5) is 22.3. The van der Waals surface area contributed by atoms with Crippen molar-refractivity contribution in [1.82, 2.24) is 20.0 Å². The Balaban J connectivity index is 1.38. The maximum atomic E-state index is 14.6. The molecule has 0 unspecified atom stereocenters. The third-order valence-corrected chi connectivity index (χ3v) is 5.51. The quantitative estimate of drug-likeness (QED) is 0.456. The molecule has 10 heteroatoms. The van der Waals surface area contributed by atoms with E-state index in [2.05, 4.69) is 19.6 Å². The van der Waals surface area contributed by atoms with Crippen LogP contribution in [0, 0.1) is 5.82 Å². The summed E-state index contributed by atoms with van der Waals surface area (Å²) in [5, 5.41) is 4.51. The number of likely N-dealkylation sites (tertiary alicyclic amines) is 1. The number of aromatic nitrogens is 3. The fourth-order valence-corrected chi connectivity index (χ4v) is 3.73. The standard InChI is InChI=1S/C23H17F3N4O3/c24-17-7-5-15(21-27-13-32-29-21)11-16(17)22(31)30-10-9-23(25,26)19(12-30)33-20-8-6-14-3-1-2-4-18(14)28-20/h1-8,11,13,19H,9-10,12H2/t19-/m0/s1. The van der Waals surface area contributed by atoms with E-state index in [-0.39, 0.29) is 23.8 Å². The number of halogens is 3. The third kappa shape index (κ3) is 4.11. The molecule has 1 aliphatic rings. The number of hydrogen-bond donors (Lipinski definition) is 0. The highest BCUT2D eigenvalue weighted by Gasteiger charge is 2.47. The number of hydrogen-bond acceptors (Lipinski definition) is 6. The zero-order valence-corrected chi connectivity index (χ0v) is 17.1. The van der Waals surface area contributed by atoms with Gasteiger partial charge in [0.15, 0.2) is 6.10 Å². The van der Waals surface area contributed by atoms with Gasteiger partial charge in [-0.3, -0.25) is 4.79 Å². The minimum absolute atomic E-state index is 0.0259. The van der Waals surface area contributed by atoms with E-state index in [0.717, 1.165) is 22.7 Å². The number of rotatable bonds is 4. The molecule has 33 heavy (non-hydrogen) atoms. The van der Waals surface area contributed by atoms with Gasteiger partial charge >= 0.3 is 0 Å². The Bertz CT molecular complexity index is 1310. The summed E-state index contributed by atoms with van der Waals surface area (Å²) in [5.74, 6) is -4.49. The highest BCUT2D eigenvalue weighted by molar-refractivity contribution is 5.95. The zero-order valence-electron chi connectivity index (χ0n) is 17.1. The van der Waals surface area contributed by atoms with E-state index in [0.29, 0.717) is 11.1 Å². The molecule has 7 nitrogen and oxygen atoms in total. The number of nitrogens with zero attached hydrogens (tertiary/aromatic N) is 4. The molecule has 1 saturated heterocycles. The molecule has 2 aromatic carbocycles. The van der Waals surface area contributed by atoms with Crippen molar-refractivity contribution in [3.63, 3.8) is 0 Å². The first-order valence-corrected chi connectivity index (χ1v) is 10.2. The van der Waals surface area contributed by atoms with Crippen LogP contribution in [0.15, 0.2) is 65.5 Å². The highest BCUT2D eigenvalue weighted by Crippen LogP contribution is 2.33. The number of piperidine rings is 1. The molecule has 1 amide bonds. The molecule has 0 bridgehead atoms. The molecule has 4 aromatic rings. The molecule has 2 aromatic heterocycles. The van der Waals surface area contributed by atoms with E-state index in [1.807, 2.05) is 12.1 Å². The summed E-state index contributed by atoms with van der Waals surface area (Å²) in [5.41, 5.74) is 0.691. The first-order valence-electron chi connectivity index (χ1n) is 10.2. The van der Waals surface area contributed by atoms with Gasteiger partial charge in [-0.1, -0.05) is 23.4 Å². The van der Waals surface area contributed by atoms with Gasteiger partial charge in [-0.15, -0.1) is 0 Å². The minimum Gasteiger partial charge on any atom is -0.466 e. The predicted octanol–water partition coefficient (Wildman–Crippen LogP) is 4.35. The number of carbonyl (C=O) groups is 1. The van der Waals surface area contributed by atoms with E-state index >= 15 is 0 Å². The smallest absolute Gasteiger partial charge is 0.287 e. The Morgan fingerprint density at radius 2 is 2.00 bits per heavy atom. The zero-order chi connectivity index (χ0) is 23.0. The first-order chi connectivity index (χ1) is 15.9. The predicted molar refractivity (Wildman–Crippen MR) is 111 cm³/mol. The van der Waals surface area contributed by atoms with E-state index in [1.54, 1.807) is 18.2 Å². The fraction of sp³-hybridized carbons (Fsp3) is 0.217. The molecule has 1 fully saturated rings. The van der Waals surface area contributed by atoms with Crippen molar-refractivity contribution >= 4 is 16.8 Å². The number of fused-ring (bicyclic) bond motifs is 1. The van der Waals surface area contributed by atoms with Gasteiger partial charge in [-0.2, -0.15) is 4.98 Å². The van der Waals surface area contributed by atoms with Crippen LogP contribution in [0.2, 0.25) is 0 Å². The minimum atomic E-state index is -3.19. The number of alkyl halides is 2. The van der Waals surface area contributed by atoms with Crippen LogP contribution in [0.1, 0.15) is 16.8 Å². The van der Waals surface area contributed by atoms with Gasteiger partial charge in [0, 0.05) is 30.0 Å². The van der Waals surface area contributed by atoms with E-state index in [1.165, 1.54) is 18.2 Å². The van der Waals surface area contributed by atoms with Gasteiger partial charge in [-0.05, 0) is 30.3 Å². The Morgan fingerprint density at radius 3 is 2.82 bits per heavy atom. The second-order valence-electron chi connectivity index (χ2n) is 7.66. The summed E-state index contributed by atoms with van der Waals surface area (Å²) in [6.07, 6.45) is -1.15. The van der Waals surface area contributed by atoms with Gasteiger partial charge in [0.2, 0.25) is 18.1 Å². The molecule has 0 radical (unpaired) electrons. The number of ether oxygens (including phenoxy) is 1. The second kappa shape index (κ2) is 8.19. The van der Waals surface area contributed by atoms with Crippen molar-refractivity contribution in [2.45, 2.75) is 18.4 Å². The number of para-hydroxylation sites is 1. The van der Waals surface area contributed by atoms with Gasteiger partial charge in [-0.25, -0.2) is 18.2 Å². The van der Waals surface area contributed by atoms with Crippen LogP contribution >= 0.6 is 0 Å². The molecule has 168 valence electrons. The number of carbonyl (C=O) groups excluding carboxylic acids is 1. The van der Waals surface area contributed by atoms with E-state index in [9.17, 15) is 18.0 Å². The van der Waals surface area contributed by atoms with Crippen LogP contribution in [0.4, 0.5) is 13.2 Å². The number of pyridine rings is 1. The van der Waals surface area contributed by atoms with Crippen LogP contribution in [-0.4, -0.2) is 51.0 Å². The monoisotopic (exact) mass is 454 g/mol. The maximum Gasteiger partial charge on any atom is 0.287 e. The Kier molecular flexibility index (Phi) is 5.20. The lowest BCUT2D eigenvalue weighted by Gasteiger charge is -2.38. The van der Waals surface area contributed by atoms with Crippen molar-refractivity contribution in [1.29, 1.82) is 0 Å². The molecular weight excluding hydrogens is 437 g/mol. The topological polar surface area (TPSA) is 81.4 Å². The van der Waals surface area contributed by atoms with Crippen LogP contribution in [0.5, 0.6) is 5.88 Å². The van der Waals surface area contributed by atoms with Gasteiger partial charge in [0.1, 0.15) is 5.82 Å². The molecule has 0 aliphatic carbocycles. The molecule has 0 saturated carbocycles. The molecule has 0 spiro atoms. The molecule has 3 heterocycles. The van der Waals surface area contributed by atoms with Crippen molar-refractivity contribution in [2.75, 3.05) is 13.1 Å². The van der Waals surface area contributed by atoms with Crippen LogP contribution in [-0.2, 0) is 0 Å². The summed E-state index contributed by atoms with van der Waals surface area (Å²) < 4.78 is 54.0. The van der Waals surface area contributed by atoms with Crippen LogP contribution in [0.25, 0.3) is 22.3 Å². The van der Waals surface area contributed by atoms with Gasteiger partial charge in [0.05, 0.1) is 17.6 Å². The summed E-state index contributed by atoms with van der Waals surface area (Å²) in [6.45, 7) is -0.672. The average molecular weight is 454 g/mol. The SMILES string of the molecule is O=C(c1cc(-c2ncon2)ccc1F)N1CCC(F)(F)[C@@H](Oc2ccc3ccccc3n2)C1. The lowest BCUT2D eigenvalue weighted by Crippen LogP contribution is -2.55. The Labute approximate surface area is 185 Å². The lowest BCUT2D eigenvalue weighted by atomic mass is 10.0. The highest BCUT2D eigenvalue weighted by atomic mass is 19.3. The van der Waals surface area contributed by atoms with Crippen molar-refractivity contribution < 1.29 is 27.2 Å². The Hall–Kier alpha value is -3.95. The largest absolute Gasteiger partial charge is 0.466 e. The van der Waals surface area contributed by atoms with Crippen LogP contribution in [0.3, 0.4) is 0 Å². The van der Waals surface area contributed by atoms with Crippen molar-refractivity contribution in [3.05, 3.63) is 72.4 Å².